The lowest BCUT2D eigenvalue weighted by atomic mass is 9.90. The van der Waals surface area contributed by atoms with Gasteiger partial charge in [0, 0.05) is 50.2 Å². The standard InChI is InChI=1S/C28H37ClN4O2/c1-20(2)25-19-32(27(22-6-4-3-5-7-22)23-8-10-24(29)11-9-23)16-17-33(25)26(34)18-21-12-14-31(15-13-21)28(30)35/h3-11,20-21,25,27H,12-19H2,1-2H3,(H2,30,35)/t25-,27?/m1/s1. The van der Waals surface area contributed by atoms with Crippen molar-refractivity contribution in [2.75, 3.05) is 32.7 Å². The highest BCUT2D eigenvalue weighted by atomic mass is 35.5. The van der Waals surface area contributed by atoms with Gasteiger partial charge in [-0.05, 0) is 47.9 Å². The van der Waals surface area contributed by atoms with Gasteiger partial charge >= 0.3 is 6.03 Å². The first-order chi connectivity index (χ1) is 16.8. The highest BCUT2D eigenvalue weighted by Crippen LogP contribution is 2.33. The predicted octanol–water partition coefficient (Wildman–Crippen LogP) is 4.78. The van der Waals surface area contributed by atoms with Gasteiger partial charge < -0.3 is 15.5 Å². The number of piperazine rings is 1. The predicted molar refractivity (Wildman–Crippen MR) is 140 cm³/mol. The van der Waals surface area contributed by atoms with E-state index in [0.29, 0.717) is 31.3 Å². The summed E-state index contributed by atoms with van der Waals surface area (Å²) in [7, 11) is 0. The van der Waals surface area contributed by atoms with Crippen molar-refractivity contribution in [3.05, 3.63) is 70.7 Å². The molecule has 0 spiro atoms. The molecule has 2 aliphatic heterocycles. The molecule has 0 bridgehead atoms. The van der Waals surface area contributed by atoms with Gasteiger partial charge in [-0.1, -0.05) is 67.9 Å². The lowest BCUT2D eigenvalue weighted by molar-refractivity contribution is -0.139. The molecule has 188 valence electrons. The van der Waals surface area contributed by atoms with Gasteiger partial charge in [0.25, 0.3) is 0 Å². The second-order valence-corrected chi connectivity index (χ2v) is 10.7. The zero-order valence-corrected chi connectivity index (χ0v) is 21.5. The van der Waals surface area contributed by atoms with Crippen molar-refractivity contribution >= 4 is 23.5 Å². The number of carbonyl (C=O) groups is 2. The van der Waals surface area contributed by atoms with Crippen LogP contribution in [0.3, 0.4) is 0 Å². The quantitative estimate of drug-likeness (QED) is 0.625. The van der Waals surface area contributed by atoms with E-state index in [4.69, 9.17) is 17.3 Å². The number of nitrogens with two attached hydrogens (primary N) is 1. The zero-order chi connectivity index (χ0) is 24.9. The fourth-order valence-corrected chi connectivity index (χ4v) is 5.69. The Morgan fingerprint density at radius 2 is 1.57 bits per heavy atom. The van der Waals surface area contributed by atoms with Crippen LogP contribution < -0.4 is 5.73 Å². The van der Waals surface area contributed by atoms with Crippen LogP contribution in [0, 0.1) is 11.8 Å². The first kappa shape index (κ1) is 25.5. The summed E-state index contributed by atoms with van der Waals surface area (Å²) in [6.07, 6.45) is 2.23. The lowest BCUT2D eigenvalue weighted by Crippen LogP contribution is -2.58. The Morgan fingerprint density at radius 3 is 2.17 bits per heavy atom. The number of rotatable bonds is 6. The zero-order valence-electron chi connectivity index (χ0n) is 20.8. The number of piperidine rings is 1. The molecule has 2 heterocycles. The van der Waals surface area contributed by atoms with Crippen molar-refractivity contribution < 1.29 is 9.59 Å². The van der Waals surface area contributed by atoms with E-state index in [0.717, 1.165) is 37.5 Å². The van der Waals surface area contributed by atoms with Crippen LogP contribution in [0.5, 0.6) is 0 Å². The van der Waals surface area contributed by atoms with Crippen molar-refractivity contribution in [3.63, 3.8) is 0 Å². The molecule has 7 heteroatoms. The molecular formula is C28H37ClN4O2. The molecule has 2 saturated heterocycles. The smallest absolute Gasteiger partial charge is 0.314 e. The summed E-state index contributed by atoms with van der Waals surface area (Å²) in [6.45, 7) is 8.07. The van der Waals surface area contributed by atoms with E-state index in [-0.39, 0.29) is 24.0 Å². The van der Waals surface area contributed by atoms with E-state index in [9.17, 15) is 9.59 Å². The Morgan fingerprint density at radius 1 is 0.943 bits per heavy atom. The van der Waals surface area contributed by atoms with Crippen LogP contribution in [-0.4, -0.2) is 65.4 Å². The maximum absolute atomic E-state index is 13.4. The third kappa shape index (κ3) is 6.17. The van der Waals surface area contributed by atoms with Gasteiger partial charge in [-0.15, -0.1) is 0 Å². The van der Waals surface area contributed by atoms with E-state index in [1.165, 1.54) is 11.1 Å². The van der Waals surface area contributed by atoms with Crippen molar-refractivity contribution in [1.82, 2.24) is 14.7 Å². The van der Waals surface area contributed by atoms with E-state index in [1.54, 1.807) is 4.90 Å². The average molecular weight is 497 g/mol. The molecule has 2 aromatic rings. The van der Waals surface area contributed by atoms with Crippen LogP contribution >= 0.6 is 11.6 Å². The molecule has 2 aromatic carbocycles. The Bertz CT molecular complexity index is 990. The lowest BCUT2D eigenvalue weighted by Gasteiger charge is -2.47. The Balaban J connectivity index is 1.48. The topological polar surface area (TPSA) is 69.9 Å². The van der Waals surface area contributed by atoms with E-state index >= 15 is 0 Å². The number of hydrogen-bond acceptors (Lipinski definition) is 3. The fourth-order valence-electron chi connectivity index (χ4n) is 5.56. The fraction of sp³-hybridized carbons (Fsp3) is 0.500. The average Bonchev–Trinajstić information content (AvgIpc) is 2.86. The molecule has 2 atom stereocenters. The summed E-state index contributed by atoms with van der Waals surface area (Å²) in [5, 5.41) is 0.734. The highest BCUT2D eigenvalue weighted by Gasteiger charge is 2.37. The van der Waals surface area contributed by atoms with Crippen LogP contribution in [0.2, 0.25) is 5.02 Å². The number of amides is 3. The van der Waals surface area contributed by atoms with Gasteiger partial charge in [-0.25, -0.2) is 4.79 Å². The highest BCUT2D eigenvalue weighted by molar-refractivity contribution is 6.30. The van der Waals surface area contributed by atoms with Gasteiger partial charge in [-0.2, -0.15) is 0 Å². The minimum Gasteiger partial charge on any atom is -0.351 e. The Hall–Kier alpha value is -2.57. The van der Waals surface area contributed by atoms with Crippen LogP contribution in [0.15, 0.2) is 54.6 Å². The van der Waals surface area contributed by atoms with Gasteiger partial charge in [-0.3, -0.25) is 9.69 Å². The summed E-state index contributed by atoms with van der Waals surface area (Å²) in [5.41, 5.74) is 7.87. The molecule has 6 nitrogen and oxygen atoms in total. The second kappa shape index (κ2) is 11.4. The van der Waals surface area contributed by atoms with Gasteiger partial charge in [0.05, 0.1) is 6.04 Å². The normalized spacial score (nSPS) is 20.7. The molecule has 0 radical (unpaired) electrons. The van der Waals surface area contributed by atoms with E-state index < -0.39 is 0 Å². The van der Waals surface area contributed by atoms with E-state index in [2.05, 4.69) is 60.0 Å². The molecule has 4 rings (SSSR count). The maximum atomic E-state index is 13.4. The number of hydrogen-bond donors (Lipinski definition) is 1. The Labute approximate surface area is 214 Å². The molecular weight excluding hydrogens is 460 g/mol. The Kier molecular flexibility index (Phi) is 8.34. The van der Waals surface area contributed by atoms with Crippen molar-refractivity contribution in [3.8, 4) is 0 Å². The number of benzene rings is 2. The first-order valence-electron chi connectivity index (χ1n) is 12.7. The van der Waals surface area contributed by atoms with Crippen LogP contribution in [0.1, 0.15) is 50.3 Å². The monoisotopic (exact) mass is 496 g/mol. The maximum Gasteiger partial charge on any atom is 0.314 e. The molecule has 0 aromatic heterocycles. The number of primary amides is 1. The third-order valence-corrected chi connectivity index (χ3v) is 7.85. The summed E-state index contributed by atoms with van der Waals surface area (Å²) in [5.74, 6) is 0.902. The number of nitrogens with zero attached hydrogens (tertiary/aromatic N) is 3. The summed E-state index contributed by atoms with van der Waals surface area (Å²) >= 11 is 6.19. The molecule has 0 aliphatic carbocycles. The third-order valence-electron chi connectivity index (χ3n) is 7.60. The van der Waals surface area contributed by atoms with Gasteiger partial charge in [0.15, 0.2) is 0 Å². The van der Waals surface area contributed by atoms with Crippen LogP contribution in [0.4, 0.5) is 4.79 Å². The van der Waals surface area contributed by atoms with Crippen LogP contribution in [-0.2, 0) is 4.79 Å². The van der Waals surface area contributed by atoms with Crippen molar-refractivity contribution in [2.24, 2.45) is 17.6 Å². The molecule has 2 N–H and O–H groups in total. The second-order valence-electron chi connectivity index (χ2n) is 10.2. The number of halogens is 1. The van der Waals surface area contributed by atoms with Crippen molar-refractivity contribution in [1.29, 1.82) is 0 Å². The minimum absolute atomic E-state index is 0.116. The summed E-state index contributed by atoms with van der Waals surface area (Å²) in [6, 6.07) is 18.6. The van der Waals surface area contributed by atoms with Crippen molar-refractivity contribution in [2.45, 2.75) is 45.2 Å². The summed E-state index contributed by atoms with van der Waals surface area (Å²) in [4.78, 5) is 31.2. The van der Waals surface area contributed by atoms with Crippen LogP contribution in [0.25, 0.3) is 0 Å². The summed E-state index contributed by atoms with van der Waals surface area (Å²) < 4.78 is 0. The molecule has 2 aliphatic rings. The molecule has 35 heavy (non-hydrogen) atoms. The minimum atomic E-state index is -0.362. The molecule has 1 unspecified atom stereocenters. The molecule has 2 fully saturated rings. The SMILES string of the molecule is CC(C)[C@H]1CN(C(c2ccccc2)c2ccc(Cl)cc2)CCN1C(=O)CC1CCN(C(N)=O)CC1. The molecule has 0 saturated carbocycles. The van der Waals surface area contributed by atoms with Gasteiger partial charge in [0.2, 0.25) is 5.91 Å². The first-order valence-corrected chi connectivity index (χ1v) is 13.1. The molecule has 3 amide bonds. The number of carbonyl (C=O) groups excluding carboxylic acids is 2. The largest absolute Gasteiger partial charge is 0.351 e. The van der Waals surface area contributed by atoms with Gasteiger partial charge in [0.1, 0.15) is 0 Å². The number of urea groups is 1. The number of likely N-dealkylation sites (tertiary alicyclic amines) is 1. The van der Waals surface area contributed by atoms with E-state index in [1.807, 2.05) is 18.2 Å².